The van der Waals surface area contributed by atoms with Crippen molar-refractivity contribution in [1.82, 2.24) is 10.2 Å². The van der Waals surface area contributed by atoms with Crippen LogP contribution < -0.4 is 5.32 Å². The molecule has 2 aliphatic rings. The molecule has 0 radical (unpaired) electrons. The van der Waals surface area contributed by atoms with Crippen molar-refractivity contribution in [2.45, 2.75) is 25.3 Å². The first kappa shape index (κ1) is 8.20. The molecule has 1 aliphatic heterocycles. The molecule has 0 aromatic carbocycles. The van der Waals surface area contributed by atoms with Crippen LogP contribution in [0.1, 0.15) is 19.3 Å². The highest BCUT2D eigenvalue weighted by molar-refractivity contribution is 5.85. The van der Waals surface area contributed by atoms with E-state index >= 15 is 0 Å². The van der Waals surface area contributed by atoms with E-state index in [1.807, 2.05) is 0 Å². The maximum absolute atomic E-state index is 11.4. The molecule has 0 aromatic heterocycles. The molecule has 0 spiro atoms. The Morgan fingerprint density at radius 3 is 2.67 bits per heavy atom. The predicted octanol–water partition coefficient (Wildman–Crippen LogP) is 0.0132. The van der Waals surface area contributed by atoms with Crippen molar-refractivity contribution in [3.05, 3.63) is 0 Å². The molecule has 0 bridgehead atoms. The van der Waals surface area contributed by atoms with E-state index in [9.17, 15) is 4.79 Å². The van der Waals surface area contributed by atoms with Crippen LogP contribution in [0.2, 0.25) is 0 Å². The first-order valence-corrected chi connectivity index (χ1v) is 4.85. The Morgan fingerprint density at radius 2 is 2.08 bits per heavy atom. The fourth-order valence-corrected chi connectivity index (χ4v) is 2.18. The van der Waals surface area contributed by atoms with Crippen LogP contribution in [-0.2, 0) is 4.79 Å². The minimum absolute atomic E-state index is 0.270. The summed E-state index contributed by atoms with van der Waals surface area (Å²) in [5.74, 6) is 0.469. The molecule has 1 atom stereocenters. The maximum Gasteiger partial charge on any atom is 0.149 e. The van der Waals surface area contributed by atoms with Crippen molar-refractivity contribution < 1.29 is 4.79 Å². The van der Waals surface area contributed by atoms with E-state index < -0.39 is 0 Å². The third-order valence-electron chi connectivity index (χ3n) is 2.86. The quantitative estimate of drug-likeness (QED) is 0.599. The molecule has 2 rings (SSSR count). The summed E-state index contributed by atoms with van der Waals surface area (Å²) in [6.07, 6.45) is 3.01. The zero-order valence-electron chi connectivity index (χ0n) is 7.38. The Labute approximate surface area is 73.1 Å². The summed E-state index contributed by atoms with van der Waals surface area (Å²) < 4.78 is 0. The zero-order chi connectivity index (χ0) is 8.39. The van der Waals surface area contributed by atoms with Crippen LogP contribution in [-0.4, -0.2) is 42.9 Å². The molecule has 3 heteroatoms. The molecule has 1 saturated heterocycles. The third-order valence-corrected chi connectivity index (χ3v) is 2.86. The van der Waals surface area contributed by atoms with Gasteiger partial charge in [-0.2, -0.15) is 0 Å². The number of nitrogens with zero attached hydrogens (tertiary/aromatic N) is 1. The molecule has 1 saturated carbocycles. The number of piperazine rings is 1. The number of carbonyl (C=O) groups is 1. The van der Waals surface area contributed by atoms with Gasteiger partial charge in [0, 0.05) is 32.6 Å². The Morgan fingerprint density at radius 1 is 1.33 bits per heavy atom. The maximum atomic E-state index is 11.4. The fraction of sp³-hybridized carbons (Fsp3) is 0.889. The van der Waals surface area contributed by atoms with E-state index in [-0.39, 0.29) is 6.04 Å². The molecule has 0 amide bonds. The summed E-state index contributed by atoms with van der Waals surface area (Å²) in [5, 5.41) is 3.30. The van der Waals surface area contributed by atoms with E-state index in [1.54, 1.807) is 0 Å². The van der Waals surface area contributed by atoms with E-state index in [0.717, 1.165) is 45.4 Å². The second kappa shape index (κ2) is 3.54. The number of hydrogen-bond donors (Lipinski definition) is 1. The molecule has 1 unspecified atom stereocenters. The van der Waals surface area contributed by atoms with Crippen molar-refractivity contribution in [2.75, 3.05) is 26.2 Å². The number of ketones is 1. The highest BCUT2D eigenvalue weighted by Gasteiger charge is 2.30. The van der Waals surface area contributed by atoms with Gasteiger partial charge < -0.3 is 5.32 Å². The normalized spacial score (nSPS) is 32.7. The first-order valence-electron chi connectivity index (χ1n) is 4.85. The topological polar surface area (TPSA) is 32.3 Å². The van der Waals surface area contributed by atoms with Gasteiger partial charge >= 0.3 is 0 Å². The Hall–Kier alpha value is -0.410. The summed E-state index contributed by atoms with van der Waals surface area (Å²) in [7, 11) is 0. The van der Waals surface area contributed by atoms with Crippen molar-refractivity contribution in [1.29, 1.82) is 0 Å². The smallest absolute Gasteiger partial charge is 0.149 e. The summed E-state index contributed by atoms with van der Waals surface area (Å²) >= 11 is 0. The Balaban J connectivity index is 1.93. The average molecular weight is 168 g/mol. The van der Waals surface area contributed by atoms with E-state index in [2.05, 4.69) is 10.2 Å². The van der Waals surface area contributed by atoms with Crippen LogP contribution in [0.15, 0.2) is 0 Å². The molecule has 3 nitrogen and oxygen atoms in total. The number of nitrogens with one attached hydrogen (secondary N) is 1. The van der Waals surface area contributed by atoms with Gasteiger partial charge in [0.05, 0.1) is 6.04 Å². The number of rotatable bonds is 1. The highest BCUT2D eigenvalue weighted by atomic mass is 16.1. The monoisotopic (exact) mass is 168 g/mol. The Bertz CT molecular complexity index is 175. The second-order valence-electron chi connectivity index (χ2n) is 3.66. The van der Waals surface area contributed by atoms with Crippen LogP contribution in [0.3, 0.4) is 0 Å². The lowest BCUT2D eigenvalue weighted by Gasteiger charge is -2.31. The van der Waals surface area contributed by atoms with E-state index in [1.165, 1.54) is 0 Å². The van der Waals surface area contributed by atoms with Gasteiger partial charge in [-0.25, -0.2) is 0 Å². The van der Waals surface area contributed by atoms with Gasteiger partial charge in [0.25, 0.3) is 0 Å². The molecule has 0 aromatic rings. The molecular weight excluding hydrogens is 152 g/mol. The van der Waals surface area contributed by atoms with Crippen LogP contribution >= 0.6 is 0 Å². The summed E-state index contributed by atoms with van der Waals surface area (Å²) in [6.45, 7) is 4.19. The van der Waals surface area contributed by atoms with E-state index in [0.29, 0.717) is 5.78 Å². The predicted molar refractivity (Wildman–Crippen MR) is 47.1 cm³/mol. The molecule has 68 valence electrons. The molecule has 2 fully saturated rings. The van der Waals surface area contributed by atoms with Crippen LogP contribution in [0.4, 0.5) is 0 Å². The van der Waals surface area contributed by atoms with Gasteiger partial charge in [-0.05, 0) is 12.8 Å². The minimum Gasteiger partial charge on any atom is -0.314 e. The average Bonchev–Trinajstić information content (AvgIpc) is 2.53. The molecule has 1 heterocycles. The van der Waals surface area contributed by atoms with Crippen molar-refractivity contribution in [2.24, 2.45) is 0 Å². The first-order chi connectivity index (χ1) is 5.88. The molecule has 12 heavy (non-hydrogen) atoms. The largest absolute Gasteiger partial charge is 0.314 e. The van der Waals surface area contributed by atoms with Gasteiger partial charge in [-0.1, -0.05) is 0 Å². The van der Waals surface area contributed by atoms with Crippen LogP contribution in [0, 0.1) is 0 Å². The minimum atomic E-state index is 0.270. The standard InChI is InChI=1S/C9H16N2O/c12-9-3-1-2-8(9)11-6-4-10-5-7-11/h8,10H,1-7H2. The van der Waals surface area contributed by atoms with Crippen molar-refractivity contribution in [3.63, 3.8) is 0 Å². The lowest BCUT2D eigenvalue weighted by molar-refractivity contribution is -0.122. The van der Waals surface area contributed by atoms with Gasteiger partial charge in [-0.15, -0.1) is 0 Å². The van der Waals surface area contributed by atoms with Crippen LogP contribution in [0.25, 0.3) is 0 Å². The molecule has 1 aliphatic carbocycles. The van der Waals surface area contributed by atoms with Crippen molar-refractivity contribution >= 4 is 5.78 Å². The van der Waals surface area contributed by atoms with Gasteiger partial charge in [-0.3, -0.25) is 9.69 Å². The zero-order valence-corrected chi connectivity index (χ0v) is 7.38. The Kier molecular flexibility index (Phi) is 2.42. The van der Waals surface area contributed by atoms with Gasteiger partial charge in [0.15, 0.2) is 0 Å². The second-order valence-corrected chi connectivity index (χ2v) is 3.66. The number of hydrogen-bond acceptors (Lipinski definition) is 3. The van der Waals surface area contributed by atoms with Crippen molar-refractivity contribution in [3.8, 4) is 0 Å². The third kappa shape index (κ3) is 1.52. The van der Waals surface area contributed by atoms with E-state index in [4.69, 9.17) is 0 Å². The summed E-state index contributed by atoms with van der Waals surface area (Å²) in [5.41, 5.74) is 0. The molecular formula is C9H16N2O. The highest BCUT2D eigenvalue weighted by Crippen LogP contribution is 2.20. The SMILES string of the molecule is O=C1CCCC1N1CCNCC1. The lowest BCUT2D eigenvalue weighted by atomic mass is 10.2. The van der Waals surface area contributed by atoms with Gasteiger partial charge in [0.1, 0.15) is 5.78 Å². The number of carbonyl (C=O) groups excluding carboxylic acids is 1. The van der Waals surface area contributed by atoms with Crippen LogP contribution in [0.5, 0.6) is 0 Å². The number of Topliss-reactive ketones (excluding diaryl/α,β-unsaturated/α-hetero) is 1. The molecule has 1 N–H and O–H groups in total. The summed E-state index contributed by atoms with van der Waals surface area (Å²) in [6, 6.07) is 0.270. The lowest BCUT2D eigenvalue weighted by Crippen LogP contribution is -2.49. The summed E-state index contributed by atoms with van der Waals surface area (Å²) in [4.78, 5) is 13.8. The van der Waals surface area contributed by atoms with Gasteiger partial charge in [0.2, 0.25) is 0 Å². The fourth-order valence-electron chi connectivity index (χ4n) is 2.18.